The third-order valence-corrected chi connectivity index (χ3v) is 5.36. The first-order valence-corrected chi connectivity index (χ1v) is 8.29. The minimum atomic E-state index is 0.272. The van der Waals surface area contributed by atoms with Crippen LogP contribution in [-0.2, 0) is 0 Å². The highest BCUT2D eigenvalue weighted by Crippen LogP contribution is 2.41. The lowest BCUT2D eigenvalue weighted by atomic mass is 9.78. The van der Waals surface area contributed by atoms with E-state index in [1.807, 2.05) is 26.0 Å². The van der Waals surface area contributed by atoms with Gasteiger partial charge in [0.15, 0.2) is 0 Å². The van der Waals surface area contributed by atoms with Gasteiger partial charge in [0.25, 0.3) is 0 Å². The molecule has 0 saturated heterocycles. The van der Waals surface area contributed by atoms with Crippen molar-refractivity contribution in [3.05, 3.63) is 56.6 Å². The molecule has 2 heteroatoms. The normalized spacial score (nSPS) is 11.3. The highest BCUT2D eigenvalue weighted by molar-refractivity contribution is 5.56. The second kappa shape index (κ2) is 6.27. The first kappa shape index (κ1) is 17.4. The summed E-state index contributed by atoms with van der Waals surface area (Å²) < 4.78 is 0. The summed E-state index contributed by atoms with van der Waals surface area (Å²) in [5, 5.41) is 20.2. The van der Waals surface area contributed by atoms with E-state index in [4.69, 9.17) is 0 Å². The van der Waals surface area contributed by atoms with E-state index in [2.05, 4.69) is 34.6 Å². The molecule has 0 atom stereocenters. The van der Waals surface area contributed by atoms with Gasteiger partial charge in [-0.1, -0.05) is 6.92 Å². The van der Waals surface area contributed by atoms with E-state index >= 15 is 0 Å². The lowest BCUT2D eigenvalue weighted by Crippen LogP contribution is -2.10. The molecule has 0 aromatic heterocycles. The Labute approximate surface area is 139 Å². The zero-order chi connectivity index (χ0) is 17.5. The van der Waals surface area contributed by atoms with Crippen LogP contribution in [0.15, 0.2) is 12.1 Å². The van der Waals surface area contributed by atoms with E-state index in [1.54, 1.807) is 0 Å². The summed E-state index contributed by atoms with van der Waals surface area (Å²) in [6, 6.07) is 3.75. The van der Waals surface area contributed by atoms with Crippen LogP contribution in [0.3, 0.4) is 0 Å². The predicted octanol–water partition coefficient (Wildman–Crippen LogP) is 5.49. The van der Waals surface area contributed by atoms with Crippen molar-refractivity contribution in [3.8, 4) is 11.5 Å². The lowest BCUT2D eigenvalue weighted by molar-refractivity contribution is 0.469. The maximum Gasteiger partial charge on any atom is 0.119 e. The summed E-state index contributed by atoms with van der Waals surface area (Å²) >= 11 is 0. The first-order chi connectivity index (χ1) is 10.7. The van der Waals surface area contributed by atoms with E-state index in [9.17, 15) is 10.2 Å². The first-order valence-electron chi connectivity index (χ1n) is 8.29. The zero-order valence-electron chi connectivity index (χ0n) is 15.3. The Kier molecular flexibility index (Phi) is 4.74. The molecule has 0 fully saturated rings. The van der Waals surface area contributed by atoms with E-state index in [0.717, 1.165) is 28.7 Å². The molecule has 0 bridgehead atoms. The average Bonchev–Trinajstić information content (AvgIpc) is 2.49. The molecule has 0 aliphatic heterocycles. The van der Waals surface area contributed by atoms with Gasteiger partial charge in [-0.05, 0) is 105 Å². The van der Waals surface area contributed by atoms with Gasteiger partial charge in [-0.2, -0.15) is 0 Å². The molecule has 2 rings (SSSR count). The number of benzene rings is 2. The Balaban J connectivity index is 2.78. The number of rotatable bonds is 3. The molecule has 2 nitrogen and oxygen atoms in total. The summed E-state index contributed by atoms with van der Waals surface area (Å²) in [7, 11) is 0. The van der Waals surface area contributed by atoms with Gasteiger partial charge in [0.2, 0.25) is 0 Å². The van der Waals surface area contributed by atoms with Crippen LogP contribution in [0.1, 0.15) is 63.8 Å². The van der Waals surface area contributed by atoms with Crippen molar-refractivity contribution in [2.75, 3.05) is 0 Å². The summed E-state index contributed by atoms with van der Waals surface area (Å²) in [6.07, 6.45) is 0.984. The smallest absolute Gasteiger partial charge is 0.119 e. The van der Waals surface area contributed by atoms with Gasteiger partial charge in [0, 0.05) is 5.92 Å². The van der Waals surface area contributed by atoms with Gasteiger partial charge in [0.05, 0.1) is 0 Å². The number of hydrogen-bond acceptors (Lipinski definition) is 2. The molecule has 0 radical (unpaired) electrons. The molecule has 23 heavy (non-hydrogen) atoms. The molecule has 2 aromatic carbocycles. The fourth-order valence-corrected chi connectivity index (χ4v) is 3.79. The third kappa shape index (κ3) is 2.83. The van der Waals surface area contributed by atoms with Crippen LogP contribution in [-0.4, -0.2) is 10.2 Å². The molecule has 0 aliphatic carbocycles. The SMILES string of the molecule is CCC(c1c(C)cc(O)c(C)c1C)c1c(C)cc(O)c(C)c1C. The summed E-state index contributed by atoms with van der Waals surface area (Å²) in [5.41, 5.74) is 9.10. The molecule has 2 aromatic rings. The number of hydrogen-bond donors (Lipinski definition) is 2. The van der Waals surface area contributed by atoms with Crippen molar-refractivity contribution in [2.45, 2.75) is 60.8 Å². The van der Waals surface area contributed by atoms with Crippen LogP contribution >= 0.6 is 0 Å². The van der Waals surface area contributed by atoms with Crippen LogP contribution in [0.2, 0.25) is 0 Å². The van der Waals surface area contributed by atoms with E-state index in [1.165, 1.54) is 22.3 Å². The van der Waals surface area contributed by atoms with Crippen molar-refractivity contribution in [3.63, 3.8) is 0 Å². The maximum atomic E-state index is 10.1. The second-order valence-corrected chi connectivity index (χ2v) is 6.71. The minimum Gasteiger partial charge on any atom is -0.508 e. The summed E-state index contributed by atoms with van der Waals surface area (Å²) in [6.45, 7) is 14.5. The highest BCUT2D eigenvalue weighted by atomic mass is 16.3. The van der Waals surface area contributed by atoms with Gasteiger partial charge >= 0.3 is 0 Å². The quantitative estimate of drug-likeness (QED) is 0.786. The lowest BCUT2D eigenvalue weighted by Gasteiger charge is -2.27. The largest absolute Gasteiger partial charge is 0.508 e. The average molecular weight is 312 g/mol. The van der Waals surface area contributed by atoms with Gasteiger partial charge in [-0.3, -0.25) is 0 Å². The van der Waals surface area contributed by atoms with Crippen LogP contribution < -0.4 is 0 Å². The Hall–Kier alpha value is -1.96. The van der Waals surface area contributed by atoms with E-state index < -0.39 is 0 Å². The topological polar surface area (TPSA) is 40.5 Å². The third-order valence-electron chi connectivity index (χ3n) is 5.36. The van der Waals surface area contributed by atoms with Crippen molar-refractivity contribution in [1.82, 2.24) is 0 Å². The molecule has 0 saturated carbocycles. The molecular weight excluding hydrogens is 284 g/mol. The predicted molar refractivity (Wildman–Crippen MR) is 96.8 cm³/mol. The van der Waals surface area contributed by atoms with Gasteiger partial charge in [-0.15, -0.1) is 0 Å². The standard InChI is InChI=1S/C21H28O2/c1-8-17(20-11(2)9-18(22)13(4)15(20)6)21-12(3)10-19(23)14(5)16(21)7/h9-10,17,22-23H,8H2,1-7H3. The molecule has 2 N–H and O–H groups in total. The van der Waals surface area contributed by atoms with Crippen molar-refractivity contribution < 1.29 is 10.2 Å². The van der Waals surface area contributed by atoms with Gasteiger partial charge in [-0.25, -0.2) is 0 Å². The number of phenols is 2. The Bertz CT molecular complexity index is 694. The molecule has 0 amide bonds. The molecule has 0 unspecified atom stereocenters. The van der Waals surface area contributed by atoms with Gasteiger partial charge < -0.3 is 10.2 Å². The van der Waals surface area contributed by atoms with E-state index in [0.29, 0.717) is 11.5 Å². The van der Waals surface area contributed by atoms with Crippen molar-refractivity contribution in [2.24, 2.45) is 0 Å². The highest BCUT2D eigenvalue weighted by Gasteiger charge is 2.23. The fraction of sp³-hybridized carbons (Fsp3) is 0.429. The number of aryl methyl sites for hydroxylation is 2. The molecule has 124 valence electrons. The zero-order valence-corrected chi connectivity index (χ0v) is 15.3. The molecular formula is C21H28O2. The number of aromatic hydroxyl groups is 2. The molecule has 0 spiro atoms. The van der Waals surface area contributed by atoms with Crippen LogP contribution in [0.25, 0.3) is 0 Å². The van der Waals surface area contributed by atoms with Crippen molar-refractivity contribution in [1.29, 1.82) is 0 Å². The van der Waals surface area contributed by atoms with Crippen LogP contribution in [0.5, 0.6) is 11.5 Å². The second-order valence-electron chi connectivity index (χ2n) is 6.71. The Morgan fingerprint density at radius 2 is 1.04 bits per heavy atom. The monoisotopic (exact) mass is 312 g/mol. The molecule has 0 aliphatic rings. The van der Waals surface area contributed by atoms with Gasteiger partial charge in [0.1, 0.15) is 11.5 Å². The Morgan fingerprint density at radius 3 is 1.35 bits per heavy atom. The minimum absolute atomic E-state index is 0.272. The summed E-state index contributed by atoms with van der Waals surface area (Å²) in [4.78, 5) is 0. The number of phenolic OH excluding ortho intramolecular Hbond substituents is 2. The Morgan fingerprint density at radius 1 is 0.696 bits per heavy atom. The van der Waals surface area contributed by atoms with Crippen molar-refractivity contribution >= 4 is 0 Å². The maximum absolute atomic E-state index is 10.1. The fourth-order valence-electron chi connectivity index (χ4n) is 3.79. The van der Waals surface area contributed by atoms with E-state index in [-0.39, 0.29) is 5.92 Å². The van der Waals surface area contributed by atoms with Crippen LogP contribution in [0.4, 0.5) is 0 Å². The summed E-state index contributed by atoms with van der Waals surface area (Å²) in [5.74, 6) is 1.01. The van der Waals surface area contributed by atoms with Crippen LogP contribution in [0, 0.1) is 41.5 Å². The molecule has 0 heterocycles.